The third-order valence-electron chi connectivity index (χ3n) is 3.64. The average molecular weight is 365 g/mol. The summed E-state index contributed by atoms with van der Waals surface area (Å²) in [5.74, 6) is -0.782. The summed E-state index contributed by atoms with van der Waals surface area (Å²) in [6, 6.07) is 3.38. The lowest BCUT2D eigenvalue weighted by atomic mass is 10.1. The first-order valence-electron chi connectivity index (χ1n) is 7.87. The molecule has 3 rings (SSSR count). The molecule has 0 unspecified atom stereocenters. The number of rotatable bonds is 5. The topological polar surface area (TPSA) is 92.8 Å². The second-order valence-electron chi connectivity index (χ2n) is 5.40. The van der Waals surface area contributed by atoms with Gasteiger partial charge in [0, 0.05) is 23.1 Å². The highest BCUT2D eigenvalue weighted by Crippen LogP contribution is 2.41. The second-order valence-corrected chi connectivity index (χ2v) is 5.78. The molecule has 0 saturated heterocycles. The van der Waals surface area contributed by atoms with Crippen LogP contribution in [-0.4, -0.2) is 29.8 Å². The lowest BCUT2D eigenvalue weighted by molar-refractivity contribution is -0.142. The van der Waals surface area contributed by atoms with E-state index in [1.807, 2.05) is 6.92 Å². The number of esters is 1. The highest BCUT2D eigenvalue weighted by atomic mass is 35.5. The molecule has 2 N–H and O–H groups in total. The van der Waals surface area contributed by atoms with Crippen LogP contribution in [-0.2, 0) is 16.0 Å². The minimum absolute atomic E-state index is 0.0951. The third-order valence-corrected chi connectivity index (χ3v) is 4.01. The first kappa shape index (κ1) is 17.3. The number of carbonyl (C=O) groups is 2. The van der Waals surface area contributed by atoms with Crippen molar-refractivity contribution in [1.29, 1.82) is 0 Å². The van der Waals surface area contributed by atoms with E-state index in [-0.39, 0.29) is 5.88 Å². The molecular formula is C17H17ClN2O5. The molecule has 132 valence electrons. The Morgan fingerprint density at radius 3 is 2.72 bits per heavy atom. The number of hydrogen-bond donors (Lipinski definition) is 1. The van der Waals surface area contributed by atoms with Crippen LogP contribution in [0.4, 0.5) is 0 Å². The van der Waals surface area contributed by atoms with E-state index in [0.29, 0.717) is 46.8 Å². The van der Waals surface area contributed by atoms with Crippen molar-refractivity contribution in [3.05, 3.63) is 34.9 Å². The summed E-state index contributed by atoms with van der Waals surface area (Å²) in [4.78, 5) is 29.0. The molecule has 0 amide bonds. The molecule has 2 aromatic rings. The number of ether oxygens (including phenoxy) is 2. The quantitative estimate of drug-likeness (QED) is 0.816. The molecule has 1 aromatic heterocycles. The molecule has 0 atom stereocenters. The van der Waals surface area contributed by atoms with E-state index < -0.39 is 11.9 Å². The molecule has 0 spiro atoms. The van der Waals surface area contributed by atoms with Gasteiger partial charge in [0.05, 0.1) is 17.1 Å². The Morgan fingerprint density at radius 2 is 2.00 bits per heavy atom. The standard InChI is InChI=1S/C17H17ClN2O5/c1-2-9-23-12-4-3-11-15(16(12)18)10(7-8-19)17-20(11)25-14(22)6-5-13(21)24-17/h3-6H,2,7-9,19H2,1H3/b6-5+. The number of halogens is 1. The van der Waals surface area contributed by atoms with Gasteiger partial charge in [-0.05, 0) is 31.5 Å². The van der Waals surface area contributed by atoms with E-state index in [2.05, 4.69) is 0 Å². The largest absolute Gasteiger partial charge is 0.492 e. The van der Waals surface area contributed by atoms with E-state index in [4.69, 9.17) is 31.6 Å². The number of carbonyl (C=O) groups excluding carboxylic acids is 2. The Hall–Kier alpha value is -2.51. The van der Waals surface area contributed by atoms with Crippen molar-refractivity contribution >= 4 is 34.4 Å². The van der Waals surface area contributed by atoms with Gasteiger partial charge < -0.3 is 20.0 Å². The predicted molar refractivity (Wildman–Crippen MR) is 91.9 cm³/mol. The molecule has 0 bridgehead atoms. The highest BCUT2D eigenvalue weighted by Gasteiger charge is 2.27. The van der Waals surface area contributed by atoms with E-state index in [9.17, 15) is 9.59 Å². The Bertz CT molecular complexity index is 872. The van der Waals surface area contributed by atoms with Crippen molar-refractivity contribution in [2.75, 3.05) is 13.2 Å². The van der Waals surface area contributed by atoms with Gasteiger partial charge in [-0.1, -0.05) is 18.5 Å². The molecule has 2 heterocycles. The smallest absolute Gasteiger partial charge is 0.356 e. The molecule has 1 aliphatic heterocycles. The summed E-state index contributed by atoms with van der Waals surface area (Å²) in [6.07, 6.45) is 3.22. The lowest BCUT2D eigenvalue weighted by Gasteiger charge is -2.11. The monoisotopic (exact) mass is 364 g/mol. The van der Waals surface area contributed by atoms with Crippen molar-refractivity contribution in [3.63, 3.8) is 0 Å². The van der Waals surface area contributed by atoms with Gasteiger partial charge in [-0.15, -0.1) is 4.73 Å². The number of nitrogens with zero attached hydrogens (tertiary/aromatic N) is 1. The molecule has 25 heavy (non-hydrogen) atoms. The summed E-state index contributed by atoms with van der Waals surface area (Å²) in [6.45, 7) is 2.80. The van der Waals surface area contributed by atoms with Crippen LogP contribution in [0.3, 0.4) is 0 Å². The molecule has 0 aliphatic carbocycles. The lowest BCUT2D eigenvalue weighted by Crippen LogP contribution is -2.23. The Balaban J connectivity index is 2.25. The van der Waals surface area contributed by atoms with Crippen LogP contribution in [0.5, 0.6) is 11.6 Å². The summed E-state index contributed by atoms with van der Waals surface area (Å²) < 4.78 is 12.2. The van der Waals surface area contributed by atoms with Gasteiger partial charge in [0.15, 0.2) is 0 Å². The van der Waals surface area contributed by atoms with Crippen LogP contribution in [0, 0.1) is 0 Å². The fourth-order valence-corrected chi connectivity index (χ4v) is 2.95. The Kier molecular flexibility index (Phi) is 4.96. The molecule has 0 fully saturated rings. The maximum Gasteiger partial charge on any atom is 0.356 e. The zero-order valence-electron chi connectivity index (χ0n) is 13.6. The van der Waals surface area contributed by atoms with E-state index in [0.717, 1.165) is 18.6 Å². The third kappa shape index (κ3) is 3.20. The van der Waals surface area contributed by atoms with Crippen LogP contribution in [0.25, 0.3) is 10.9 Å². The van der Waals surface area contributed by atoms with Gasteiger partial charge in [-0.2, -0.15) is 0 Å². The maximum atomic E-state index is 11.9. The molecule has 0 radical (unpaired) electrons. The minimum atomic E-state index is -0.698. The predicted octanol–water partition coefficient (Wildman–Crippen LogP) is 2.02. The molecule has 1 aliphatic rings. The van der Waals surface area contributed by atoms with Crippen molar-refractivity contribution in [1.82, 2.24) is 4.73 Å². The van der Waals surface area contributed by atoms with Gasteiger partial charge in [-0.3, -0.25) is 0 Å². The second kappa shape index (κ2) is 7.16. The Labute approximate surface area is 148 Å². The fraction of sp³-hybridized carbons (Fsp3) is 0.294. The van der Waals surface area contributed by atoms with Crippen molar-refractivity contribution in [2.24, 2.45) is 5.73 Å². The van der Waals surface area contributed by atoms with E-state index >= 15 is 0 Å². The summed E-state index contributed by atoms with van der Waals surface area (Å²) in [5, 5.41) is 0.937. The van der Waals surface area contributed by atoms with Crippen LogP contribution in [0.2, 0.25) is 5.02 Å². The van der Waals surface area contributed by atoms with Crippen LogP contribution in [0.1, 0.15) is 18.9 Å². The van der Waals surface area contributed by atoms with Crippen LogP contribution < -0.4 is 20.0 Å². The van der Waals surface area contributed by atoms with E-state index in [1.165, 1.54) is 4.73 Å². The number of benzene rings is 1. The van der Waals surface area contributed by atoms with Gasteiger partial charge in [-0.25, -0.2) is 9.59 Å². The van der Waals surface area contributed by atoms with Crippen LogP contribution >= 0.6 is 11.6 Å². The first-order chi connectivity index (χ1) is 12.1. The van der Waals surface area contributed by atoms with Gasteiger partial charge in [0.2, 0.25) is 5.88 Å². The molecule has 7 nitrogen and oxygen atoms in total. The summed E-state index contributed by atoms with van der Waals surface area (Å²) in [7, 11) is 0. The van der Waals surface area contributed by atoms with Gasteiger partial charge in [0.1, 0.15) is 5.75 Å². The molecular weight excluding hydrogens is 348 g/mol. The molecule has 0 saturated carbocycles. The number of aromatic nitrogens is 1. The number of nitrogens with two attached hydrogens (primary N) is 1. The minimum Gasteiger partial charge on any atom is -0.492 e. The molecule has 8 heteroatoms. The van der Waals surface area contributed by atoms with Crippen molar-refractivity contribution < 1.29 is 23.9 Å². The van der Waals surface area contributed by atoms with E-state index in [1.54, 1.807) is 12.1 Å². The molecule has 1 aromatic carbocycles. The Morgan fingerprint density at radius 1 is 1.24 bits per heavy atom. The SMILES string of the molecule is CCCOc1ccc2c(c1Cl)c(CCN)c1n2OC(=O)/C=C/C(=O)O1. The maximum absolute atomic E-state index is 11.9. The van der Waals surface area contributed by atoms with Gasteiger partial charge in [0.25, 0.3) is 0 Å². The normalized spacial score (nSPS) is 15.2. The zero-order valence-corrected chi connectivity index (χ0v) is 14.3. The van der Waals surface area contributed by atoms with Crippen molar-refractivity contribution in [2.45, 2.75) is 19.8 Å². The fourth-order valence-electron chi connectivity index (χ4n) is 2.62. The van der Waals surface area contributed by atoms with Crippen LogP contribution in [0.15, 0.2) is 24.3 Å². The number of fused-ring (bicyclic) bond motifs is 3. The number of hydrogen-bond acceptors (Lipinski definition) is 6. The summed E-state index contributed by atoms with van der Waals surface area (Å²) >= 11 is 6.52. The highest BCUT2D eigenvalue weighted by molar-refractivity contribution is 6.37. The first-order valence-corrected chi connectivity index (χ1v) is 8.25. The van der Waals surface area contributed by atoms with Gasteiger partial charge >= 0.3 is 11.9 Å². The van der Waals surface area contributed by atoms with Crippen molar-refractivity contribution in [3.8, 4) is 11.6 Å². The summed E-state index contributed by atoms with van der Waals surface area (Å²) in [5.41, 5.74) is 6.77. The zero-order chi connectivity index (χ0) is 18.0. The average Bonchev–Trinajstić information content (AvgIpc) is 2.85.